The van der Waals surface area contributed by atoms with Crippen molar-refractivity contribution in [3.8, 4) is 0 Å². The van der Waals surface area contributed by atoms with E-state index in [0.717, 1.165) is 6.54 Å². The summed E-state index contributed by atoms with van der Waals surface area (Å²) in [6.45, 7) is 2.90. The molecule has 1 fully saturated rings. The molecule has 0 atom stereocenters. The highest BCUT2D eigenvalue weighted by atomic mass is 15.3. The van der Waals surface area contributed by atoms with Crippen LogP contribution in [-0.4, -0.2) is 23.4 Å². The normalized spacial score (nSPS) is 17.4. The summed E-state index contributed by atoms with van der Waals surface area (Å²) in [5, 5.41) is 7.13. The molecule has 1 aliphatic carbocycles. The summed E-state index contributed by atoms with van der Waals surface area (Å²) in [5.74, 6) is 0.222. The van der Waals surface area contributed by atoms with Crippen LogP contribution in [0.25, 0.3) is 0 Å². The summed E-state index contributed by atoms with van der Waals surface area (Å²) in [4.78, 5) is 1.93. The lowest BCUT2D eigenvalue weighted by molar-refractivity contribution is 0.424. The highest BCUT2D eigenvalue weighted by Gasteiger charge is 2.28. The van der Waals surface area contributed by atoms with Crippen molar-refractivity contribution in [3.63, 3.8) is 0 Å². The fourth-order valence-electron chi connectivity index (χ4n) is 1.01. The summed E-state index contributed by atoms with van der Waals surface area (Å²) in [6, 6.07) is 0.590. The SMILES string of the molecule is CCN(C(=N)N)C1CC1. The molecular formula is C6H13N3. The predicted molar refractivity (Wildman–Crippen MR) is 37.3 cm³/mol. The lowest BCUT2D eigenvalue weighted by Crippen LogP contribution is -2.37. The molecule has 0 heterocycles. The van der Waals surface area contributed by atoms with Gasteiger partial charge in [0.1, 0.15) is 0 Å². The maximum atomic E-state index is 7.13. The highest BCUT2D eigenvalue weighted by Crippen LogP contribution is 2.25. The number of guanidine groups is 1. The van der Waals surface area contributed by atoms with E-state index in [4.69, 9.17) is 11.1 Å². The van der Waals surface area contributed by atoms with Gasteiger partial charge >= 0.3 is 0 Å². The van der Waals surface area contributed by atoms with Gasteiger partial charge in [0.15, 0.2) is 5.96 Å². The Hall–Kier alpha value is -0.730. The van der Waals surface area contributed by atoms with E-state index in [0.29, 0.717) is 6.04 Å². The van der Waals surface area contributed by atoms with Gasteiger partial charge in [-0.3, -0.25) is 5.41 Å². The number of nitrogens with zero attached hydrogens (tertiary/aromatic N) is 1. The van der Waals surface area contributed by atoms with Gasteiger partial charge in [0.05, 0.1) is 0 Å². The first-order chi connectivity index (χ1) is 4.25. The average Bonchev–Trinajstić information content (AvgIpc) is 2.50. The van der Waals surface area contributed by atoms with Crippen LogP contribution in [0, 0.1) is 5.41 Å². The van der Waals surface area contributed by atoms with Crippen molar-refractivity contribution in [2.45, 2.75) is 25.8 Å². The van der Waals surface area contributed by atoms with E-state index in [1.165, 1.54) is 12.8 Å². The molecule has 0 aromatic heterocycles. The van der Waals surface area contributed by atoms with Crippen molar-refractivity contribution < 1.29 is 0 Å². The van der Waals surface area contributed by atoms with Crippen molar-refractivity contribution in [3.05, 3.63) is 0 Å². The number of nitrogens with one attached hydrogen (secondary N) is 1. The molecule has 1 rings (SSSR count). The zero-order valence-corrected chi connectivity index (χ0v) is 5.72. The van der Waals surface area contributed by atoms with Crippen molar-refractivity contribution >= 4 is 5.96 Å². The lowest BCUT2D eigenvalue weighted by atomic mass is 10.5. The van der Waals surface area contributed by atoms with E-state index in [1.54, 1.807) is 0 Å². The zero-order valence-electron chi connectivity index (χ0n) is 5.72. The molecule has 0 spiro atoms. The van der Waals surface area contributed by atoms with Gasteiger partial charge in [0.2, 0.25) is 0 Å². The van der Waals surface area contributed by atoms with Crippen LogP contribution in [0.15, 0.2) is 0 Å². The predicted octanol–water partition coefficient (Wildman–Crippen LogP) is 0.364. The van der Waals surface area contributed by atoms with E-state index in [2.05, 4.69) is 0 Å². The summed E-state index contributed by atoms with van der Waals surface area (Å²) in [7, 11) is 0. The Bertz CT molecular complexity index is 117. The lowest BCUT2D eigenvalue weighted by Gasteiger charge is -2.19. The van der Waals surface area contributed by atoms with Crippen LogP contribution < -0.4 is 5.73 Å². The third-order valence-corrected chi connectivity index (χ3v) is 1.64. The second-order valence-electron chi connectivity index (χ2n) is 2.40. The molecule has 0 aliphatic heterocycles. The Balaban J connectivity index is 2.37. The van der Waals surface area contributed by atoms with Gasteiger partial charge in [0, 0.05) is 12.6 Å². The third-order valence-electron chi connectivity index (χ3n) is 1.64. The van der Waals surface area contributed by atoms with Crippen LogP contribution in [0.3, 0.4) is 0 Å². The van der Waals surface area contributed by atoms with Gasteiger partial charge in [-0.05, 0) is 19.8 Å². The minimum Gasteiger partial charge on any atom is -0.370 e. The Kier molecular flexibility index (Phi) is 1.60. The minimum absolute atomic E-state index is 0.222. The minimum atomic E-state index is 0.222. The summed E-state index contributed by atoms with van der Waals surface area (Å²) < 4.78 is 0. The monoisotopic (exact) mass is 127 g/mol. The summed E-state index contributed by atoms with van der Waals surface area (Å²) in [6.07, 6.45) is 2.43. The molecule has 1 saturated carbocycles. The Morgan fingerprint density at radius 1 is 1.78 bits per heavy atom. The maximum Gasteiger partial charge on any atom is 0.188 e. The molecule has 9 heavy (non-hydrogen) atoms. The third kappa shape index (κ3) is 1.34. The van der Waals surface area contributed by atoms with Crippen molar-refractivity contribution in [2.75, 3.05) is 6.54 Å². The van der Waals surface area contributed by atoms with Crippen LogP contribution in [-0.2, 0) is 0 Å². The Morgan fingerprint density at radius 2 is 2.33 bits per heavy atom. The van der Waals surface area contributed by atoms with Gasteiger partial charge in [-0.1, -0.05) is 0 Å². The molecule has 1 aliphatic rings. The maximum absolute atomic E-state index is 7.13. The number of nitrogens with two attached hydrogens (primary N) is 1. The van der Waals surface area contributed by atoms with Crippen LogP contribution in [0.5, 0.6) is 0 Å². The molecule has 0 aromatic rings. The molecule has 0 aromatic carbocycles. The Labute approximate surface area is 55.3 Å². The van der Waals surface area contributed by atoms with E-state index in [1.807, 2.05) is 11.8 Å². The largest absolute Gasteiger partial charge is 0.370 e. The molecule has 0 radical (unpaired) electrons. The van der Waals surface area contributed by atoms with Gasteiger partial charge < -0.3 is 10.6 Å². The first-order valence-corrected chi connectivity index (χ1v) is 3.36. The van der Waals surface area contributed by atoms with E-state index in [-0.39, 0.29) is 5.96 Å². The smallest absolute Gasteiger partial charge is 0.188 e. The summed E-state index contributed by atoms with van der Waals surface area (Å²) in [5.41, 5.74) is 5.30. The number of rotatable bonds is 2. The van der Waals surface area contributed by atoms with E-state index < -0.39 is 0 Å². The topological polar surface area (TPSA) is 53.1 Å². The van der Waals surface area contributed by atoms with E-state index in [9.17, 15) is 0 Å². The van der Waals surface area contributed by atoms with Crippen LogP contribution in [0.1, 0.15) is 19.8 Å². The highest BCUT2D eigenvalue weighted by molar-refractivity contribution is 5.75. The average molecular weight is 127 g/mol. The molecule has 0 unspecified atom stereocenters. The van der Waals surface area contributed by atoms with Crippen molar-refractivity contribution in [2.24, 2.45) is 5.73 Å². The molecule has 52 valence electrons. The molecule has 0 saturated heterocycles. The van der Waals surface area contributed by atoms with Crippen molar-refractivity contribution in [1.82, 2.24) is 4.90 Å². The molecule has 0 amide bonds. The van der Waals surface area contributed by atoms with Crippen molar-refractivity contribution in [1.29, 1.82) is 5.41 Å². The molecule has 0 bridgehead atoms. The number of hydrogen-bond donors (Lipinski definition) is 2. The van der Waals surface area contributed by atoms with Gasteiger partial charge in [-0.15, -0.1) is 0 Å². The first kappa shape index (κ1) is 6.39. The zero-order chi connectivity index (χ0) is 6.85. The van der Waals surface area contributed by atoms with Crippen LogP contribution in [0.2, 0.25) is 0 Å². The number of hydrogen-bond acceptors (Lipinski definition) is 1. The molecule has 3 N–H and O–H groups in total. The second-order valence-corrected chi connectivity index (χ2v) is 2.40. The standard InChI is InChI=1S/C6H13N3/c1-2-9(6(7)8)5-3-4-5/h5H,2-4H2,1H3,(H3,7,8). The quantitative estimate of drug-likeness (QED) is 0.416. The van der Waals surface area contributed by atoms with Gasteiger partial charge in [-0.25, -0.2) is 0 Å². The Morgan fingerprint density at radius 3 is 2.44 bits per heavy atom. The van der Waals surface area contributed by atoms with Crippen LogP contribution in [0.4, 0.5) is 0 Å². The molecule has 3 nitrogen and oxygen atoms in total. The van der Waals surface area contributed by atoms with Crippen LogP contribution >= 0.6 is 0 Å². The summed E-state index contributed by atoms with van der Waals surface area (Å²) >= 11 is 0. The fourth-order valence-corrected chi connectivity index (χ4v) is 1.01. The molecule has 3 heteroatoms. The van der Waals surface area contributed by atoms with Gasteiger partial charge in [0.25, 0.3) is 0 Å². The van der Waals surface area contributed by atoms with E-state index >= 15 is 0 Å². The first-order valence-electron chi connectivity index (χ1n) is 3.36. The fraction of sp³-hybridized carbons (Fsp3) is 0.833. The second kappa shape index (κ2) is 2.25. The van der Waals surface area contributed by atoms with Gasteiger partial charge in [-0.2, -0.15) is 0 Å². The molecular weight excluding hydrogens is 114 g/mol.